The summed E-state index contributed by atoms with van der Waals surface area (Å²) in [4.78, 5) is 12.0. The van der Waals surface area contributed by atoms with Crippen LogP contribution in [0.4, 0.5) is 65.9 Å². The lowest BCUT2D eigenvalue weighted by molar-refractivity contribution is -0.451. The van der Waals surface area contributed by atoms with Crippen LogP contribution in [0.2, 0.25) is 0 Å². The Labute approximate surface area is 266 Å². The Morgan fingerprint density at radius 3 is 1.40 bits per heavy atom. The third kappa shape index (κ3) is 11.4. The molecule has 0 radical (unpaired) electrons. The number of unbranched alkanes of at least 4 members (excludes halogenated alkanes) is 7. The van der Waals surface area contributed by atoms with Gasteiger partial charge in [-0.1, -0.05) is 51.9 Å². The molecule has 0 aromatic carbocycles. The van der Waals surface area contributed by atoms with E-state index < -0.39 is 79.3 Å². The summed E-state index contributed by atoms with van der Waals surface area (Å²) in [7, 11) is 1.39. The molecule has 0 saturated carbocycles. The molecule has 0 saturated heterocycles. The van der Waals surface area contributed by atoms with Crippen LogP contribution >= 0.6 is 0 Å². The standard InChI is InChI=1S/C27H37F15O6/c1-3-4-5-6-7-8-9-10-11-47-19(18-20(43)48-17-16-46-15-14-45-13-12-44-2)21(28,29)22(30,31)23(32,33)24(34,35)25(36,37)26(38,39)27(40,41)42/h18H,3-17H2,1-2H3/b19-18-. The van der Waals surface area contributed by atoms with E-state index in [-0.39, 0.29) is 39.3 Å². The molecule has 0 aliphatic carbocycles. The van der Waals surface area contributed by atoms with Crippen molar-refractivity contribution in [3.05, 3.63) is 11.8 Å². The van der Waals surface area contributed by atoms with E-state index in [1.165, 1.54) is 7.11 Å². The molecule has 21 heteroatoms. The fourth-order valence-corrected chi connectivity index (χ4v) is 3.58. The maximum absolute atomic E-state index is 14.9. The van der Waals surface area contributed by atoms with Gasteiger partial charge < -0.3 is 23.7 Å². The molecule has 0 heterocycles. The lowest BCUT2D eigenvalue weighted by Gasteiger charge is -2.41. The minimum Gasteiger partial charge on any atom is -0.491 e. The number of rotatable bonds is 26. The highest BCUT2D eigenvalue weighted by atomic mass is 19.4. The molecule has 0 aliphatic heterocycles. The molecule has 48 heavy (non-hydrogen) atoms. The SMILES string of the molecule is CCCCCCCCCCO/C(=C\C(=O)OCCOCCOCCOC)C(F)(F)C(F)(F)C(F)(F)C(F)(F)C(F)(F)C(F)(F)C(F)(F)F. The van der Waals surface area contributed by atoms with Crippen molar-refractivity contribution in [3.63, 3.8) is 0 Å². The van der Waals surface area contributed by atoms with Gasteiger partial charge in [0.25, 0.3) is 0 Å². The molecule has 0 amide bonds. The van der Waals surface area contributed by atoms with Gasteiger partial charge in [0, 0.05) is 7.11 Å². The van der Waals surface area contributed by atoms with Gasteiger partial charge in [0.1, 0.15) is 6.61 Å². The number of methoxy groups -OCH3 is 1. The highest BCUT2D eigenvalue weighted by molar-refractivity contribution is 5.82. The van der Waals surface area contributed by atoms with Gasteiger partial charge in [-0.2, -0.15) is 65.9 Å². The number of hydrogen-bond acceptors (Lipinski definition) is 6. The topological polar surface area (TPSA) is 63.2 Å². The molecule has 0 aliphatic rings. The first-order valence-corrected chi connectivity index (χ1v) is 14.4. The maximum atomic E-state index is 14.9. The molecular formula is C27H37F15O6. The van der Waals surface area contributed by atoms with Crippen LogP contribution in [0.25, 0.3) is 0 Å². The Kier molecular flexibility index (Phi) is 18.4. The molecular weight excluding hydrogens is 705 g/mol. The maximum Gasteiger partial charge on any atom is 0.460 e. The van der Waals surface area contributed by atoms with E-state index in [1.54, 1.807) is 0 Å². The minimum absolute atomic E-state index is 0.00202. The molecule has 0 rings (SSSR count). The quantitative estimate of drug-likeness (QED) is 0.0291. The number of esters is 1. The van der Waals surface area contributed by atoms with Crippen LogP contribution in [0.5, 0.6) is 0 Å². The van der Waals surface area contributed by atoms with Crippen molar-refractivity contribution in [1.29, 1.82) is 0 Å². The van der Waals surface area contributed by atoms with Gasteiger partial charge in [-0.3, -0.25) is 0 Å². The van der Waals surface area contributed by atoms with E-state index in [1.807, 2.05) is 6.92 Å². The Morgan fingerprint density at radius 1 is 0.500 bits per heavy atom. The molecule has 0 spiro atoms. The summed E-state index contributed by atoms with van der Waals surface area (Å²) in [6.07, 6.45) is -4.12. The third-order valence-corrected chi connectivity index (χ3v) is 6.42. The van der Waals surface area contributed by atoms with Crippen LogP contribution in [0.3, 0.4) is 0 Å². The fraction of sp³-hybridized carbons (Fsp3) is 0.889. The minimum atomic E-state index is -8.47. The second-order valence-corrected chi connectivity index (χ2v) is 10.2. The molecule has 0 unspecified atom stereocenters. The molecule has 0 aromatic heterocycles. The Bertz CT molecular complexity index is 972. The number of carbonyl (C=O) groups is 1. The molecule has 286 valence electrons. The van der Waals surface area contributed by atoms with Crippen molar-refractivity contribution in [1.82, 2.24) is 0 Å². The number of allylic oxidation sites excluding steroid dienone is 1. The van der Waals surface area contributed by atoms with E-state index in [0.29, 0.717) is 12.8 Å². The number of ether oxygens (including phenoxy) is 5. The first-order valence-electron chi connectivity index (χ1n) is 14.4. The zero-order valence-electron chi connectivity index (χ0n) is 25.8. The summed E-state index contributed by atoms with van der Waals surface area (Å²) in [6, 6.07) is 0. The average molecular weight is 743 g/mol. The molecule has 0 bridgehead atoms. The monoisotopic (exact) mass is 742 g/mol. The van der Waals surface area contributed by atoms with Crippen LogP contribution in [-0.2, 0) is 28.5 Å². The normalized spacial score (nSPS) is 14.4. The number of halogens is 15. The molecule has 0 N–H and O–H groups in total. The summed E-state index contributed by atoms with van der Waals surface area (Å²) >= 11 is 0. The Hall–Kier alpha value is -2.16. The van der Waals surface area contributed by atoms with Crippen molar-refractivity contribution in [2.45, 2.75) is 100 Å². The highest BCUT2D eigenvalue weighted by Crippen LogP contribution is 2.63. The smallest absolute Gasteiger partial charge is 0.460 e. The summed E-state index contributed by atoms with van der Waals surface area (Å²) in [6.45, 7) is -0.132. The van der Waals surface area contributed by atoms with Crippen molar-refractivity contribution < 1.29 is 94.3 Å². The summed E-state index contributed by atoms with van der Waals surface area (Å²) in [5.41, 5.74) is 0. The van der Waals surface area contributed by atoms with Crippen LogP contribution in [0, 0.1) is 0 Å². The third-order valence-electron chi connectivity index (χ3n) is 6.42. The van der Waals surface area contributed by atoms with Crippen molar-refractivity contribution >= 4 is 5.97 Å². The second-order valence-electron chi connectivity index (χ2n) is 10.2. The first-order chi connectivity index (χ1) is 21.9. The summed E-state index contributed by atoms with van der Waals surface area (Å²) in [5, 5.41) is 0. The lowest BCUT2D eigenvalue weighted by atomic mass is 9.90. The van der Waals surface area contributed by atoms with Crippen molar-refractivity contribution in [2.24, 2.45) is 0 Å². The Morgan fingerprint density at radius 2 is 0.917 bits per heavy atom. The van der Waals surface area contributed by atoms with E-state index in [0.717, 1.165) is 25.7 Å². The largest absolute Gasteiger partial charge is 0.491 e. The lowest BCUT2D eigenvalue weighted by Crippen LogP contribution is -2.72. The fourth-order valence-electron chi connectivity index (χ4n) is 3.58. The van der Waals surface area contributed by atoms with Crippen molar-refractivity contribution in [3.8, 4) is 0 Å². The highest BCUT2D eigenvalue weighted by Gasteiger charge is 2.93. The van der Waals surface area contributed by atoms with Gasteiger partial charge in [0.15, 0.2) is 5.76 Å². The first kappa shape index (κ1) is 45.8. The zero-order valence-corrected chi connectivity index (χ0v) is 25.8. The van der Waals surface area contributed by atoms with Gasteiger partial charge >= 0.3 is 47.7 Å². The van der Waals surface area contributed by atoms with Crippen molar-refractivity contribution in [2.75, 3.05) is 53.4 Å². The van der Waals surface area contributed by atoms with E-state index >= 15 is 0 Å². The molecule has 0 atom stereocenters. The van der Waals surface area contributed by atoms with Gasteiger partial charge in [-0.15, -0.1) is 0 Å². The predicted octanol–water partition coefficient (Wildman–Crippen LogP) is 8.62. The van der Waals surface area contributed by atoms with Crippen LogP contribution < -0.4 is 0 Å². The van der Waals surface area contributed by atoms with E-state index in [9.17, 15) is 70.7 Å². The van der Waals surface area contributed by atoms with Crippen LogP contribution in [0.1, 0.15) is 58.3 Å². The van der Waals surface area contributed by atoms with Gasteiger partial charge in [-0.25, -0.2) is 4.79 Å². The number of carbonyl (C=O) groups excluding carboxylic acids is 1. The molecule has 6 nitrogen and oxygen atoms in total. The molecule has 0 fully saturated rings. The predicted molar refractivity (Wildman–Crippen MR) is 137 cm³/mol. The average Bonchev–Trinajstić information content (AvgIpc) is 2.97. The van der Waals surface area contributed by atoms with E-state index in [2.05, 4.69) is 9.47 Å². The van der Waals surface area contributed by atoms with Gasteiger partial charge in [0.05, 0.1) is 45.7 Å². The number of hydrogen-bond donors (Lipinski definition) is 0. The second kappa shape index (κ2) is 19.3. The summed E-state index contributed by atoms with van der Waals surface area (Å²) in [5.74, 6) is -53.0. The number of alkyl halides is 15. The zero-order chi connectivity index (χ0) is 37.5. The van der Waals surface area contributed by atoms with Crippen LogP contribution in [0.15, 0.2) is 11.8 Å². The Balaban J connectivity index is 6.08. The van der Waals surface area contributed by atoms with Crippen LogP contribution in [-0.4, -0.2) is 101 Å². The van der Waals surface area contributed by atoms with Gasteiger partial charge in [0.2, 0.25) is 0 Å². The molecule has 0 aromatic rings. The van der Waals surface area contributed by atoms with Gasteiger partial charge in [-0.05, 0) is 6.42 Å². The van der Waals surface area contributed by atoms with E-state index in [4.69, 9.17) is 14.2 Å². The summed E-state index contributed by atoms with van der Waals surface area (Å²) < 4.78 is 229.